The van der Waals surface area contributed by atoms with E-state index >= 15 is 0 Å². The van der Waals surface area contributed by atoms with Crippen LogP contribution in [0.1, 0.15) is 12.5 Å². The first-order chi connectivity index (χ1) is 9.13. The minimum atomic E-state index is -0.103. The van der Waals surface area contributed by atoms with Gasteiger partial charge in [0.2, 0.25) is 11.9 Å². The van der Waals surface area contributed by atoms with Crippen molar-refractivity contribution in [2.24, 2.45) is 0 Å². The van der Waals surface area contributed by atoms with Crippen LogP contribution in [0.5, 0.6) is 0 Å². The van der Waals surface area contributed by atoms with Crippen LogP contribution in [0.3, 0.4) is 0 Å². The Morgan fingerprint density at radius 3 is 2.79 bits per heavy atom. The molecule has 0 saturated carbocycles. The lowest BCUT2D eigenvalue weighted by Gasteiger charge is -2.13. The molecule has 0 aliphatic carbocycles. The standard InChI is InChI=1S/C13H17N5O/c1-10(7-11-5-3-2-4-6-11)16-12(19)8-18-9-15-13(14)17-18/h2-6,9-10H,7-8H2,1H3,(H2,14,17)(H,16,19). The molecule has 0 saturated heterocycles. The topological polar surface area (TPSA) is 85.8 Å². The summed E-state index contributed by atoms with van der Waals surface area (Å²) in [4.78, 5) is 15.5. The third kappa shape index (κ3) is 4.09. The molecule has 3 N–H and O–H groups in total. The Labute approximate surface area is 111 Å². The van der Waals surface area contributed by atoms with Crippen LogP contribution in [0.25, 0.3) is 0 Å². The van der Waals surface area contributed by atoms with E-state index in [2.05, 4.69) is 15.4 Å². The lowest BCUT2D eigenvalue weighted by molar-refractivity contribution is -0.122. The predicted molar refractivity (Wildman–Crippen MR) is 72.2 cm³/mol. The van der Waals surface area contributed by atoms with E-state index in [1.807, 2.05) is 37.3 Å². The molecule has 0 fully saturated rings. The Hall–Kier alpha value is -2.37. The van der Waals surface area contributed by atoms with Crippen LogP contribution in [0.15, 0.2) is 36.7 Å². The summed E-state index contributed by atoms with van der Waals surface area (Å²) >= 11 is 0. The Balaban J connectivity index is 1.82. The molecule has 1 aromatic heterocycles. The van der Waals surface area contributed by atoms with Crippen LogP contribution < -0.4 is 11.1 Å². The highest BCUT2D eigenvalue weighted by Crippen LogP contribution is 2.02. The number of nitrogens with two attached hydrogens (primary N) is 1. The maximum atomic E-state index is 11.8. The average Bonchev–Trinajstić information content (AvgIpc) is 2.75. The second-order valence-electron chi connectivity index (χ2n) is 4.46. The molecule has 1 atom stereocenters. The van der Waals surface area contributed by atoms with Crippen molar-refractivity contribution in [3.05, 3.63) is 42.2 Å². The van der Waals surface area contributed by atoms with E-state index in [9.17, 15) is 4.79 Å². The third-order valence-corrected chi connectivity index (χ3v) is 2.65. The van der Waals surface area contributed by atoms with Crippen LogP contribution >= 0.6 is 0 Å². The van der Waals surface area contributed by atoms with Gasteiger partial charge in [0, 0.05) is 6.04 Å². The van der Waals surface area contributed by atoms with Crippen LogP contribution in [0.2, 0.25) is 0 Å². The molecule has 100 valence electrons. The predicted octanol–water partition coefficient (Wildman–Crippen LogP) is 0.608. The summed E-state index contributed by atoms with van der Waals surface area (Å²) in [5.41, 5.74) is 6.58. The maximum absolute atomic E-state index is 11.8. The minimum Gasteiger partial charge on any atom is -0.367 e. The van der Waals surface area contributed by atoms with Crippen LogP contribution in [0, 0.1) is 0 Å². The number of aromatic nitrogens is 3. The van der Waals surface area contributed by atoms with E-state index < -0.39 is 0 Å². The second kappa shape index (κ2) is 5.99. The number of hydrogen-bond donors (Lipinski definition) is 2. The van der Waals surface area contributed by atoms with Crippen molar-refractivity contribution in [1.82, 2.24) is 20.1 Å². The zero-order valence-electron chi connectivity index (χ0n) is 10.8. The molecule has 6 heteroatoms. The molecular formula is C13H17N5O. The van der Waals surface area contributed by atoms with Crippen molar-refractivity contribution in [3.63, 3.8) is 0 Å². The highest BCUT2D eigenvalue weighted by Gasteiger charge is 2.09. The molecule has 19 heavy (non-hydrogen) atoms. The number of amides is 1. The monoisotopic (exact) mass is 259 g/mol. The molecule has 2 aromatic rings. The third-order valence-electron chi connectivity index (χ3n) is 2.65. The number of nitrogen functional groups attached to an aromatic ring is 1. The molecule has 0 bridgehead atoms. The molecule has 2 rings (SSSR count). The summed E-state index contributed by atoms with van der Waals surface area (Å²) in [6.07, 6.45) is 2.24. The second-order valence-corrected chi connectivity index (χ2v) is 4.46. The number of anilines is 1. The van der Waals surface area contributed by atoms with Crippen LogP contribution in [-0.2, 0) is 17.8 Å². The van der Waals surface area contributed by atoms with Crippen molar-refractivity contribution in [2.75, 3.05) is 5.73 Å². The van der Waals surface area contributed by atoms with E-state index in [-0.39, 0.29) is 24.4 Å². The Kier molecular flexibility index (Phi) is 4.12. The summed E-state index contributed by atoms with van der Waals surface area (Å²) in [6.45, 7) is 2.10. The van der Waals surface area contributed by atoms with E-state index in [1.165, 1.54) is 16.6 Å². The lowest BCUT2D eigenvalue weighted by atomic mass is 10.1. The molecule has 6 nitrogen and oxygen atoms in total. The number of nitrogens with zero attached hydrogens (tertiary/aromatic N) is 3. The lowest BCUT2D eigenvalue weighted by Crippen LogP contribution is -2.36. The molecule has 1 unspecified atom stereocenters. The summed E-state index contributed by atoms with van der Waals surface area (Å²) < 4.78 is 1.42. The number of rotatable bonds is 5. The van der Waals surface area contributed by atoms with E-state index in [0.29, 0.717) is 0 Å². The van der Waals surface area contributed by atoms with Gasteiger partial charge in [-0.2, -0.15) is 0 Å². The highest BCUT2D eigenvalue weighted by atomic mass is 16.2. The summed E-state index contributed by atoms with van der Waals surface area (Å²) in [5, 5.41) is 6.78. The van der Waals surface area contributed by atoms with Gasteiger partial charge in [-0.3, -0.25) is 4.79 Å². The van der Waals surface area contributed by atoms with Gasteiger partial charge in [0.25, 0.3) is 0 Å². The largest absolute Gasteiger partial charge is 0.367 e. The van der Waals surface area contributed by atoms with Crippen molar-refractivity contribution in [2.45, 2.75) is 25.9 Å². The first-order valence-electron chi connectivity index (χ1n) is 6.11. The van der Waals surface area contributed by atoms with E-state index in [0.717, 1.165) is 6.42 Å². The quantitative estimate of drug-likeness (QED) is 0.823. The Bertz CT molecular complexity index is 537. The summed E-state index contributed by atoms with van der Waals surface area (Å²) in [5.74, 6) is 0.0680. The van der Waals surface area contributed by atoms with Gasteiger partial charge in [-0.25, -0.2) is 9.67 Å². The van der Waals surface area contributed by atoms with Gasteiger partial charge in [-0.1, -0.05) is 30.3 Å². The number of nitrogens with one attached hydrogen (secondary N) is 1. The van der Waals surface area contributed by atoms with Crippen LogP contribution in [-0.4, -0.2) is 26.7 Å². The molecular weight excluding hydrogens is 242 g/mol. The van der Waals surface area contributed by atoms with Gasteiger partial charge in [-0.05, 0) is 18.9 Å². The highest BCUT2D eigenvalue weighted by molar-refractivity contribution is 5.75. The Morgan fingerprint density at radius 2 is 2.16 bits per heavy atom. The molecule has 0 radical (unpaired) electrons. The smallest absolute Gasteiger partial charge is 0.242 e. The summed E-state index contributed by atoms with van der Waals surface area (Å²) in [7, 11) is 0. The van der Waals surface area contributed by atoms with E-state index in [1.54, 1.807) is 0 Å². The fourth-order valence-electron chi connectivity index (χ4n) is 1.87. The molecule has 1 aromatic carbocycles. The van der Waals surface area contributed by atoms with Crippen molar-refractivity contribution >= 4 is 11.9 Å². The van der Waals surface area contributed by atoms with Crippen molar-refractivity contribution < 1.29 is 4.79 Å². The fraction of sp³-hybridized carbons (Fsp3) is 0.308. The average molecular weight is 259 g/mol. The molecule has 0 aliphatic heterocycles. The van der Waals surface area contributed by atoms with Crippen LogP contribution in [0.4, 0.5) is 5.95 Å². The first-order valence-corrected chi connectivity index (χ1v) is 6.11. The van der Waals surface area contributed by atoms with Crippen molar-refractivity contribution in [1.29, 1.82) is 0 Å². The molecule has 1 amide bonds. The maximum Gasteiger partial charge on any atom is 0.242 e. The van der Waals surface area contributed by atoms with Gasteiger partial charge in [-0.15, -0.1) is 5.10 Å². The normalized spacial score (nSPS) is 12.1. The van der Waals surface area contributed by atoms with Crippen molar-refractivity contribution in [3.8, 4) is 0 Å². The number of carbonyl (C=O) groups excluding carboxylic acids is 1. The zero-order chi connectivity index (χ0) is 13.7. The molecule has 0 spiro atoms. The van der Waals surface area contributed by atoms with Gasteiger partial charge < -0.3 is 11.1 Å². The number of carbonyl (C=O) groups is 1. The summed E-state index contributed by atoms with van der Waals surface area (Å²) in [6, 6.07) is 10.1. The van der Waals surface area contributed by atoms with Gasteiger partial charge in [0.05, 0.1) is 0 Å². The minimum absolute atomic E-state index is 0.0655. The van der Waals surface area contributed by atoms with Gasteiger partial charge in [0.15, 0.2) is 0 Å². The van der Waals surface area contributed by atoms with Gasteiger partial charge in [0.1, 0.15) is 12.9 Å². The first kappa shape index (κ1) is 13.1. The van der Waals surface area contributed by atoms with E-state index in [4.69, 9.17) is 5.73 Å². The number of benzene rings is 1. The number of hydrogen-bond acceptors (Lipinski definition) is 4. The SMILES string of the molecule is CC(Cc1ccccc1)NC(=O)Cn1cnc(N)n1. The van der Waals surface area contributed by atoms with Gasteiger partial charge >= 0.3 is 0 Å². The molecule has 1 heterocycles. The molecule has 0 aliphatic rings. The fourth-order valence-corrected chi connectivity index (χ4v) is 1.87. The zero-order valence-corrected chi connectivity index (χ0v) is 10.8. The Morgan fingerprint density at radius 1 is 1.42 bits per heavy atom.